The summed E-state index contributed by atoms with van der Waals surface area (Å²) in [5.74, 6) is -1.04. The zero-order chi connectivity index (χ0) is 21.6. The van der Waals surface area contributed by atoms with Crippen molar-refractivity contribution in [3.8, 4) is 0 Å². The monoisotopic (exact) mass is 446 g/mol. The van der Waals surface area contributed by atoms with Crippen LogP contribution < -0.4 is 5.32 Å². The quantitative estimate of drug-likeness (QED) is 0.569. The summed E-state index contributed by atoms with van der Waals surface area (Å²) in [5.41, 5.74) is 1.05. The number of amides is 1. The lowest BCUT2D eigenvalue weighted by molar-refractivity contribution is -0.121. The molecule has 3 rings (SSSR count). The van der Waals surface area contributed by atoms with Crippen LogP contribution in [0.1, 0.15) is 11.1 Å². The van der Waals surface area contributed by atoms with Crippen molar-refractivity contribution in [2.24, 2.45) is 0 Å². The Morgan fingerprint density at radius 2 is 1.57 bits per heavy atom. The summed E-state index contributed by atoms with van der Waals surface area (Å²) < 4.78 is 41.4. The molecule has 0 aliphatic rings. The molecule has 3 aromatic rings. The largest absolute Gasteiger partial charge is 0.351 e. The molecule has 0 aliphatic carbocycles. The first kappa shape index (κ1) is 22.0. The molecular weight excluding hydrogens is 427 g/mol. The van der Waals surface area contributed by atoms with E-state index in [1.54, 1.807) is 6.07 Å². The molecule has 30 heavy (non-hydrogen) atoms. The summed E-state index contributed by atoms with van der Waals surface area (Å²) in [6, 6.07) is 20.7. The summed E-state index contributed by atoms with van der Waals surface area (Å²) in [6.07, 6.45) is 0. The van der Waals surface area contributed by atoms with E-state index >= 15 is 0 Å². The molecule has 0 atom stereocenters. The van der Waals surface area contributed by atoms with E-state index < -0.39 is 28.3 Å². The summed E-state index contributed by atoms with van der Waals surface area (Å²) in [4.78, 5) is 12.5. The number of rotatable bonds is 8. The molecule has 5 nitrogen and oxygen atoms in total. The Morgan fingerprint density at radius 3 is 2.23 bits per heavy atom. The minimum Gasteiger partial charge on any atom is -0.351 e. The van der Waals surface area contributed by atoms with E-state index in [1.165, 1.54) is 42.5 Å². The second-order valence-electron chi connectivity index (χ2n) is 6.58. The Hall–Kier alpha value is -2.74. The van der Waals surface area contributed by atoms with Crippen molar-refractivity contribution >= 4 is 27.5 Å². The Kier molecular flexibility index (Phi) is 7.20. The lowest BCUT2D eigenvalue weighted by atomic mass is 10.2. The first-order valence-corrected chi connectivity index (χ1v) is 11.0. The average Bonchev–Trinajstić information content (AvgIpc) is 2.74. The minimum atomic E-state index is -4.06. The van der Waals surface area contributed by atoms with Crippen LogP contribution in [0.2, 0.25) is 5.02 Å². The van der Waals surface area contributed by atoms with Crippen molar-refractivity contribution in [2.75, 3.05) is 6.54 Å². The highest BCUT2D eigenvalue weighted by Gasteiger charge is 2.27. The topological polar surface area (TPSA) is 66.5 Å². The second kappa shape index (κ2) is 9.84. The predicted molar refractivity (Wildman–Crippen MR) is 114 cm³/mol. The highest BCUT2D eigenvalue weighted by molar-refractivity contribution is 7.89. The fourth-order valence-corrected chi connectivity index (χ4v) is 4.31. The molecule has 0 aliphatic heterocycles. The summed E-state index contributed by atoms with van der Waals surface area (Å²) >= 11 is 5.85. The molecular formula is C22H20ClFN2O3S. The van der Waals surface area contributed by atoms with Gasteiger partial charge in [0.2, 0.25) is 15.9 Å². The second-order valence-corrected chi connectivity index (χ2v) is 8.96. The molecule has 8 heteroatoms. The minimum absolute atomic E-state index is 0.0286. The molecule has 0 heterocycles. The number of halogens is 2. The lowest BCUT2D eigenvalue weighted by Gasteiger charge is -2.22. The summed E-state index contributed by atoms with van der Waals surface area (Å²) in [7, 11) is -4.06. The fourth-order valence-electron chi connectivity index (χ4n) is 2.81. The van der Waals surface area contributed by atoms with Crippen molar-refractivity contribution in [1.29, 1.82) is 0 Å². The van der Waals surface area contributed by atoms with E-state index in [9.17, 15) is 17.6 Å². The zero-order valence-electron chi connectivity index (χ0n) is 16.0. The van der Waals surface area contributed by atoms with E-state index in [0.29, 0.717) is 5.02 Å². The van der Waals surface area contributed by atoms with Crippen LogP contribution in [0, 0.1) is 5.82 Å². The normalized spacial score (nSPS) is 11.4. The number of nitrogens with one attached hydrogen (secondary N) is 1. The zero-order valence-corrected chi connectivity index (χ0v) is 17.5. The van der Waals surface area contributed by atoms with E-state index in [2.05, 4.69) is 5.32 Å². The molecule has 1 amide bonds. The van der Waals surface area contributed by atoms with E-state index in [4.69, 9.17) is 11.6 Å². The van der Waals surface area contributed by atoms with Crippen LogP contribution in [0.4, 0.5) is 4.39 Å². The highest BCUT2D eigenvalue weighted by atomic mass is 35.5. The van der Waals surface area contributed by atoms with Gasteiger partial charge in [0, 0.05) is 23.7 Å². The van der Waals surface area contributed by atoms with Crippen LogP contribution in [0.15, 0.2) is 83.8 Å². The lowest BCUT2D eigenvalue weighted by Crippen LogP contribution is -2.40. The van der Waals surface area contributed by atoms with Gasteiger partial charge in [-0.15, -0.1) is 0 Å². The van der Waals surface area contributed by atoms with Gasteiger partial charge < -0.3 is 5.32 Å². The van der Waals surface area contributed by atoms with Gasteiger partial charge >= 0.3 is 0 Å². The summed E-state index contributed by atoms with van der Waals surface area (Å²) in [5, 5.41) is 3.09. The average molecular weight is 447 g/mol. The third-order valence-electron chi connectivity index (χ3n) is 4.41. The summed E-state index contributed by atoms with van der Waals surface area (Å²) in [6.45, 7) is -0.475. The number of benzene rings is 3. The first-order chi connectivity index (χ1) is 14.4. The maximum absolute atomic E-state index is 14.2. The van der Waals surface area contributed by atoms with Gasteiger partial charge in [0.15, 0.2) is 0 Å². The van der Waals surface area contributed by atoms with Crippen molar-refractivity contribution < 1.29 is 17.6 Å². The molecule has 0 bridgehead atoms. The standard InChI is InChI=1S/C22H20ClFN2O3S/c23-19-10-12-20(13-11-19)30(28,29)26(15-18-8-4-5-9-21(18)24)16-22(27)25-14-17-6-2-1-3-7-17/h1-13H,14-16H2,(H,25,27). The number of nitrogens with zero attached hydrogens (tertiary/aromatic N) is 1. The molecule has 1 N–H and O–H groups in total. The van der Waals surface area contributed by atoms with Crippen LogP contribution in [0.5, 0.6) is 0 Å². The van der Waals surface area contributed by atoms with Gasteiger partial charge in [0.25, 0.3) is 0 Å². The number of carbonyl (C=O) groups is 1. The van der Waals surface area contributed by atoms with E-state index in [1.807, 2.05) is 30.3 Å². The van der Waals surface area contributed by atoms with Crippen LogP contribution in [-0.2, 0) is 27.9 Å². The Labute approximate surface area is 180 Å². The Balaban J connectivity index is 1.82. The molecule has 0 spiro atoms. The molecule has 156 valence electrons. The smallest absolute Gasteiger partial charge is 0.243 e. The predicted octanol–water partition coefficient (Wildman–Crippen LogP) is 3.99. The van der Waals surface area contributed by atoms with Gasteiger partial charge in [-0.05, 0) is 35.9 Å². The number of sulfonamides is 1. The van der Waals surface area contributed by atoms with E-state index in [-0.39, 0.29) is 23.5 Å². The van der Waals surface area contributed by atoms with Crippen LogP contribution >= 0.6 is 11.6 Å². The number of hydrogen-bond donors (Lipinski definition) is 1. The van der Waals surface area contributed by atoms with Crippen LogP contribution in [0.25, 0.3) is 0 Å². The molecule has 0 radical (unpaired) electrons. The van der Waals surface area contributed by atoms with Crippen LogP contribution in [-0.4, -0.2) is 25.2 Å². The molecule has 0 aromatic heterocycles. The Bertz CT molecular complexity index is 1110. The maximum Gasteiger partial charge on any atom is 0.243 e. The van der Waals surface area contributed by atoms with Gasteiger partial charge in [-0.3, -0.25) is 4.79 Å². The molecule has 0 saturated heterocycles. The van der Waals surface area contributed by atoms with Gasteiger partial charge in [-0.1, -0.05) is 60.1 Å². The Morgan fingerprint density at radius 1 is 0.933 bits per heavy atom. The molecule has 0 fully saturated rings. The molecule has 0 saturated carbocycles. The van der Waals surface area contributed by atoms with E-state index in [0.717, 1.165) is 9.87 Å². The van der Waals surface area contributed by atoms with Crippen molar-refractivity contribution in [3.63, 3.8) is 0 Å². The molecule has 3 aromatic carbocycles. The number of hydrogen-bond acceptors (Lipinski definition) is 3. The van der Waals surface area contributed by atoms with Gasteiger partial charge in [0.1, 0.15) is 5.82 Å². The highest BCUT2D eigenvalue weighted by Crippen LogP contribution is 2.21. The van der Waals surface area contributed by atoms with Gasteiger partial charge in [0.05, 0.1) is 11.4 Å². The maximum atomic E-state index is 14.2. The SMILES string of the molecule is O=C(CN(Cc1ccccc1F)S(=O)(=O)c1ccc(Cl)cc1)NCc1ccccc1. The molecule has 0 unspecified atom stereocenters. The van der Waals surface area contributed by atoms with Gasteiger partial charge in [-0.25, -0.2) is 12.8 Å². The third kappa shape index (κ3) is 5.66. The van der Waals surface area contributed by atoms with Crippen molar-refractivity contribution in [3.05, 3.63) is 101 Å². The fraction of sp³-hybridized carbons (Fsp3) is 0.136. The third-order valence-corrected chi connectivity index (χ3v) is 6.47. The number of carbonyl (C=O) groups excluding carboxylic acids is 1. The van der Waals surface area contributed by atoms with Crippen molar-refractivity contribution in [2.45, 2.75) is 18.0 Å². The van der Waals surface area contributed by atoms with Crippen LogP contribution in [0.3, 0.4) is 0 Å². The first-order valence-electron chi connectivity index (χ1n) is 9.16. The van der Waals surface area contributed by atoms with Crippen molar-refractivity contribution in [1.82, 2.24) is 9.62 Å². The van der Waals surface area contributed by atoms with Gasteiger partial charge in [-0.2, -0.15) is 4.31 Å².